The molecule has 132 valence electrons. The number of nitrogens with two attached hydrogens (primary N) is 1. The minimum atomic E-state index is 0.593. The van der Waals surface area contributed by atoms with Crippen LogP contribution in [-0.4, -0.2) is 37.7 Å². The molecule has 1 saturated heterocycles. The van der Waals surface area contributed by atoms with E-state index < -0.39 is 0 Å². The van der Waals surface area contributed by atoms with Crippen LogP contribution in [0.2, 0.25) is 0 Å². The summed E-state index contributed by atoms with van der Waals surface area (Å²) >= 11 is 0. The van der Waals surface area contributed by atoms with E-state index >= 15 is 0 Å². The van der Waals surface area contributed by atoms with Crippen LogP contribution in [-0.2, 0) is 4.74 Å². The predicted molar refractivity (Wildman–Crippen MR) is 105 cm³/mol. The Hall–Kier alpha value is -1.58. The summed E-state index contributed by atoms with van der Waals surface area (Å²) in [6.07, 6.45) is 2.42. The zero-order valence-corrected chi connectivity index (χ0v) is 15.4. The molecule has 2 aromatic rings. The Kier molecular flexibility index (Phi) is 7.54. The summed E-state index contributed by atoms with van der Waals surface area (Å²) in [5.41, 5.74) is 8.24. The molecule has 1 fully saturated rings. The molecule has 1 aliphatic heterocycles. The van der Waals surface area contributed by atoms with E-state index in [4.69, 9.17) is 10.5 Å². The van der Waals surface area contributed by atoms with E-state index in [9.17, 15) is 0 Å². The molecule has 1 atom stereocenters. The van der Waals surface area contributed by atoms with Gasteiger partial charge in [0.2, 0.25) is 0 Å². The number of morpholine rings is 1. The Bertz CT molecular complexity index is 618. The minimum absolute atomic E-state index is 0.593. The smallest absolute Gasteiger partial charge is 0.0594 e. The molecule has 3 nitrogen and oxygen atoms in total. The molecule has 3 rings (SSSR count). The van der Waals surface area contributed by atoms with Gasteiger partial charge < -0.3 is 10.5 Å². The normalized spacial score (nSPS) is 16.5. The third-order valence-corrected chi connectivity index (χ3v) is 4.78. The van der Waals surface area contributed by atoms with E-state index in [1.165, 1.54) is 29.3 Å². The number of ether oxygens (including phenoxy) is 1. The lowest BCUT2D eigenvalue weighted by Gasteiger charge is -2.25. The monoisotopic (exact) mass is 328 g/mol. The second kappa shape index (κ2) is 9.65. The van der Waals surface area contributed by atoms with Gasteiger partial charge in [-0.1, -0.05) is 51.1 Å². The van der Waals surface area contributed by atoms with Crippen LogP contribution in [0.5, 0.6) is 0 Å². The van der Waals surface area contributed by atoms with E-state index in [0.717, 1.165) is 38.4 Å². The molecule has 0 bridgehead atoms. The Morgan fingerprint density at radius 2 is 1.71 bits per heavy atom. The Balaban J connectivity index is 0.000000198. The maximum atomic E-state index is 5.97. The average molecular weight is 329 g/mol. The molecular weight excluding hydrogens is 296 g/mol. The molecule has 0 aromatic heterocycles. The summed E-state index contributed by atoms with van der Waals surface area (Å²) in [6, 6.07) is 12.5. The molecule has 3 heteroatoms. The van der Waals surface area contributed by atoms with Crippen LogP contribution in [0.3, 0.4) is 0 Å². The second-order valence-electron chi connectivity index (χ2n) is 6.55. The van der Waals surface area contributed by atoms with Gasteiger partial charge in [-0.2, -0.15) is 0 Å². The molecule has 1 aliphatic rings. The SMILES string of the molecule is CCC(C)c1ccc(N)c2ccccc12.CCCN1CCOCC1. The van der Waals surface area contributed by atoms with Crippen LogP contribution < -0.4 is 5.73 Å². The van der Waals surface area contributed by atoms with Crippen LogP contribution in [0, 0.1) is 0 Å². The molecule has 2 N–H and O–H groups in total. The van der Waals surface area contributed by atoms with Crippen LogP contribution in [0.1, 0.15) is 45.1 Å². The first-order chi connectivity index (χ1) is 11.7. The van der Waals surface area contributed by atoms with Gasteiger partial charge in [-0.15, -0.1) is 0 Å². The van der Waals surface area contributed by atoms with Gasteiger partial charge in [0.1, 0.15) is 0 Å². The Morgan fingerprint density at radius 3 is 2.33 bits per heavy atom. The van der Waals surface area contributed by atoms with Crippen molar-refractivity contribution in [2.24, 2.45) is 0 Å². The van der Waals surface area contributed by atoms with Gasteiger partial charge >= 0.3 is 0 Å². The minimum Gasteiger partial charge on any atom is -0.398 e. The highest BCUT2D eigenvalue weighted by molar-refractivity contribution is 5.95. The largest absolute Gasteiger partial charge is 0.398 e. The lowest BCUT2D eigenvalue weighted by atomic mass is 9.92. The molecule has 1 heterocycles. The summed E-state index contributed by atoms with van der Waals surface area (Å²) in [7, 11) is 0. The van der Waals surface area contributed by atoms with Crippen molar-refractivity contribution >= 4 is 16.5 Å². The average Bonchev–Trinajstić information content (AvgIpc) is 2.63. The van der Waals surface area contributed by atoms with Gasteiger partial charge in [0.05, 0.1) is 13.2 Å². The van der Waals surface area contributed by atoms with Crippen molar-refractivity contribution in [2.45, 2.75) is 39.5 Å². The van der Waals surface area contributed by atoms with Crippen molar-refractivity contribution < 1.29 is 4.74 Å². The summed E-state index contributed by atoms with van der Waals surface area (Å²) in [4.78, 5) is 2.45. The molecule has 1 unspecified atom stereocenters. The van der Waals surface area contributed by atoms with Gasteiger partial charge in [-0.25, -0.2) is 0 Å². The van der Waals surface area contributed by atoms with Crippen LogP contribution >= 0.6 is 0 Å². The highest BCUT2D eigenvalue weighted by Crippen LogP contribution is 2.30. The molecule has 0 amide bonds. The number of nitrogen functional groups attached to an aromatic ring is 1. The first kappa shape index (κ1) is 18.8. The van der Waals surface area contributed by atoms with Crippen LogP contribution in [0.15, 0.2) is 36.4 Å². The van der Waals surface area contributed by atoms with Crippen LogP contribution in [0.25, 0.3) is 10.8 Å². The highest BCUT2D eigenvalue weighted by Gasteiger charge is 2.08. The second-order valence-corrected chi connectivity index (χ2v) is 6.55. The summed E-state index contributed by atoms with van der Waals surface area (Å²) in [5, 5.41) is 2.47. The number of hydrogen-bond donors (Lipinski definition) is 1. The maximum absolute atomic E-state index is 5.97. The number of nitrogens with zero attached hydrogens (tertiary/aromatic N) is 1. The number of rotatable bonds is 4. The first-order valence-electron chi connectivity index (χ1n) is 9.24. The number of fused-ring (bicyclic) bond motifs is 1. The lowest BCUT2D eigenvalue weighted by molar-refractivity contribution is 0.0380. The quantitative estimate of drug-likeness (QED) is 0.829. The van der Waals surface area contributed by atoms with E-state index in [-0.39, 0.29) is 0 Å². The predicted octanol–water partition coefficient (Wildman–Crippen LogP) is 4.66. The Morgan fingerprint density at radius 1 is 1.04 bits per heavy atom. The van der Waals surface area contributed by atoms with E-state index in [2.05, 4.69) is 49.9 Å². The topological polar surface area (TPSA) is 38.5 Å². The summed E-state index contributed by atoms with van der Waals surface area (Å²) in [6.45, 7) is 12.1. The van der Waals surface area contributed by atoms with Crippen LogP contribution in [0.4, 0.5) is 5.69 Å². The van der Waals surface area contributed by atoms with Gasteiger partial charge in [-0.3, -0.25) is 4.90 Å². The third kappa shape index (κ3) is 4.96. The van der Waals surface area contributed by atoms with Crippen molar-refractivity contribution in [3.8, 4) is 0 Å². The molecule has 0 radical (unpaired) electrons. The van der Waals surface area contributed by atoms with E-state index in [0.29, 0.717) is 5.92 Å². The molecule has 24 heavy (non-hydrogen) atoms. The van der Waals surface area contributed by atoms with E-state index in [1.54, 1.807) is 0 Å². The zero-order chi connectivity index (χ0) is 17.4. The fourth-order valence-electron chi connectivity index (χ4n) is 3.14. The third-order valence-electron chi connectivity index (χ3n) is 4.78. The molecule has 2 aromatic carbocycles. The highest BCUT2D eigenvalue weighted by atomic mass is 16.5. The van der Waals surface area contributed by atoms with Gasteiger partial charge in [0.25, 0.3) is 0 Å². The lowest BCUT2D eigenvalue weighted by Crippen LogP contribution is -2.36. The number of hydrogen-bond acceptors (Lipinski definition) is 3. The number of benzene rings is 2. The summed E-state index contributed by atoms with van der Waals surface area (Å²) in [5.74, 6) is 0.593. The molecule has 0 spiro atoms. The van der Waals surface area contributed by atoms with Gasteiger partial charge in [0, 0.05) is 24.2 Å². The molecule has 0 saturated carbocycles. The fourth-order valence-corrected chi connectivity index (χ4v) is 3.14. The van der Waals surface area contributed by atoms with Crippen molar-refractivity contribution in [3.63, 3.8) is 0 Å². The molecule has 0 aliphatic carbocycles. The maximum Gasteiger partial charge on any atom is 0.0594 e. The van der Waals surface area contributed by atoms with Crippen molar-refractivity contribution in [3.05, 3.63) is 42.0 Å². The Labute approximate surface area is 146 Å². The zero-order valence-electron chi connectivity index (χ0n) is 15.4. The first-order valence-corrected chi connectivity index (χ1v) is 9.24. The van der Waals surface area contributed by atoms with Gasteiger partial charge in [-0.05, 0) is 42.3 Å². The van der Waals surface area contributed by atoms with Crippen molar-refractivity contribution in [1.29, 1.82) is 0 Å². The van der Waals surface area contributed by atoms with Crippen molar-refractivity contribution in [1.82, 2.24) is 4.90 Å². The fraction of sp³-hybridized carbons (Fsp3) is 0.524. The summed E-state index contributed by atoms with van der Waals surface area (Å²) < 4.78 is 5.20. The number of anilines is 1. The standard InChI is InChI=1S/C14H17N.C7H15NO/c1-3-10(2)11-8-9-14(15)13-7-5-4-6-12(11)13;1-2-3-8-4-6-9-7-5-8/h4-10H,3,15H2,1-2H3;2-7H2,1H3. The van der Waals surface area contributed by atoms with E-state index in [1.807, 2.05) is 12.1 Å². The van der Waals surface area contributed by atoms with Crippen molar-refractivity contribution in [2.75, 3.05) is 38.6 Å². The molecular formula is C21H32N2O. The van der Waals surface area contributed by atoms with Gasteiger partial charge in [0.15, 0.2) is 0 Å².